The van der Waals surface area contributed by atoms with E-state index in [4.69, 9.17) is 0 Å². The second-order valence-electron chi connectivity index (χ2n) is 6.45. The third-order valence-electron chi connectivity index (χ3n) is 5.34. The molecule has 0 aromatic rings. The zero-order valence-electron chi connectivity index (χ0n) is 12.0. The SMILES string of the molecule is CCC1CCC(CN2CCC(CC)CC2)CC1. The largest absolute Gasteiger partial charge is 0.303 e. The van der Waals surface area contributed by atoms with Crippen molar-refractivity contribution in [3.63, 3.8) is 0 Å². The van der Waals surface area contributed by atoms with Crippen LogP contribution in [0.1, 0.15) is 65.2 Å². The van der Waals surface area contributed by atoms with Crippen molar-refractivity contribution < 1.29 is 0 Å². The van der Waals surface area contributed by atoms with E-state index in [-0.39, 0.29) is 0 Å². The Hall–Kier alpha value is -0.0400. The Kier molecular flexibility index (Phi) is 5.34. The quantitative estimate of drug-likeness (QED) is 0.703. The Bertz CT molecular complexity index is 176. The van der Waals surface area contributed by atoms with Gasteiger partial charge in [0, 0.05) is 6.54 Å². The predicted molar refractivity (Wildman–Crippen MR) is 75.2 cm³/mol. The lowest BCUT2D eigenvalue weighted by Gasteiger charge is -2.36. The van der Waals surface area contributed by atoms with Gasteiger partial charge in [-0.25, -0.2) is 0 Å². The van der Waals surface area contributed by atoms with E-state index in [1.165, 1.54) is 71.0 Å². The van der Waals surface area contributed by atoms with Crippen molar-refractivity contribution in [3.8, 4) is 0 Å². The molecule has 0 aromatic heterocycles. The van der Waals surface area contributed by atoms with E-state index in [0.717, 1.165) is 17.8 Å². The molecule has 0 bridgehead atoms. The van der Waals surface area contributed by atoms with Crippen LogP contribution in [0.4, 0.5) is 0 Å². The minimum absolute atomic E-state index is 1.02. The molecule has 0 spiro atoms. The Morgan fingerprint density at radius 2 is 1.18 bits per heavy atom. The van der Waals surface area contributed by atoms with E-state index in [2.05, 4.69) is 18.7 Å². The first-order valence-electron chi connectivity index (χ1n) is 8.04. The molecule has 0 radical (unpaired) electrons. The number of nitrogens with zero attached hydrogens (tertiary/aromatic N) is 1. The van der Waals surface area contributed by atoms with Crippen LogP contribution in [0.25, 0.3) is 0 Å². The van der Waals surface area contributed by atoms with Gasteiger partial charge in [-0.15, -0.1) is 0 Å². The second-order valence-corrected chi connectivity index (χ2v) is 6.45. The van der Waals surface area contributed by atoms with Crippen molar-refractivity contribution in [2.45, 2.75) is 65.2 Å². The van der Waals surface area contributed by atoms with E-state index in [1.54, 1.807) is 0 Å². The van der Waals surface area contributed by atoms with E-state index >= 15 is 0 Å². The van der Waals surface area contributed by atoms with E-state index in [0.29, 0.717) is 0 Å². The first kappa shape index (κ1) is 13.4. The van der Waals surface area contributed by atoms with Gasteiger partial charge in [-0.1, -0.05) is 39.5 Å². The van der Waals surface area contributed by atoms with Crippen molar-refractivity contribution >= 4 is 0 Å². The van der Waals surface area contributed by atoms with Gasteiger partial charge in [0.05, 0.1) is 0 Å². The summed E-state index contributed by atoms with van der Waals surface area (Å²) >= 11 is 0. The molecule has 1 saturated heterocycles. The highest BCUT2D eigenvalue weighted by Crippen LogP contribution is 2.32. The topological polar surface area (TPSA) is 3.24 Å². The molecule has 2 aliphatic rings. The summed E-state index contributed by atoms with van der Waals surface area (Å²) in [4.78, 5) is 2.75. The van der Waals surface area contributed by atoms with Gasteiger partial charge in [-0.2, -0.15) is 0 Å². The number of likely N-dealkylation sites (tertiary alicyclic amines) is 1. The average Bonchev–Trinajstić information content (AvgIpc) is 2.40. The van der Waals surface area contributed by atoms with Gasteiger partial charge in [-0.05, 0) is 56.5 Å². The van der Waals surface area contributed by atoms with Crippen LogP contribution in [0.2, 0.25) is 0 Å². The third kappa shape index (κ3) is 3.98. The van der Waals surface area contributed by atoms with Crippen LogP contribution in [0, 0.1) is 17.8 Å². The molecule has 0 aromatic carbocycles. The van der Waals surface area contributed by atoms with Gasteiger partial charge in [0.15, 0.2) is 0 Å². The molecule has 17 heavy (non-hydrogen) atoms. The zero-order chi connectivity index (χ0) is 12.1. The van der Waals surface area contributed by atoms with Crippen molar-refractivity contribution in [1.82, 2.24) is 4.90 Å². The fraction of sp³-hybridized carbons (Fsp3) is 1.00. The molecule has 1 heteroatoms. The number of piperidine rings is 1. The van der Waals surface area contributed by atoms with Crippen molar-refractivity contribution in [2.75, 3.05) is 19.6 Å². The van der Waals surface area contributed by atoms with Crippen LogP contribution in [0.15, 0.2) is 0 Å². The minimum atomic E-state index is 1.02. The molecule has 0 N–H and O–H groups in total. The molecule has 2 rings (SSSR count). The van der Waals surface area contributed by atoms with Crippen molar-refractivity contribution in [1.29, 1.82) is 0 Å². The van der Waals surface area contributed by atoms with E-state index < -0.39 is 0 Å². The lowest BCUT2D eigenvalue weighted by molar-refractivity contribution is 0.134. The van der Waals surface area contributed by atoms with Crippen LogP contribution in [-0.4, -0.2) is 24.5 Å². The Balaban J connectivity index is 1.65. The highest BCUT2D eigenvalue weighted by atomic mass is 15.1. The first-order valence-corrected chi connectivity index (χ1v) is 8.04. The van der Waals surface area contributed by atoms with Gasteiger partial charge in [0.25, 0.3) is 0 Å². The van der Waals surface area contributed by atoms with Gasteiger partial charge >= 0.3 is 0 Å². The fourth-order valence-corrected chi connectivity index (χ4v) is 3.76. The summed E-state index contributed by atoms with van der Waals surface area (Å²) in [5, 5.41) is 0. The van der Waals surface area contributed by atoms with Crippen LogP contribution in [0.3, 0.4) is 0 Å². The Morgan fingerprint density at radius 3 is 1.71 bits per heavy atom. The minimum Gasteiger partial charge on any atom is -0.303 e. The molecular weight excluding hydrogens is 206 g/mol. The fourth-order valence-electron chi connectivity index (χ4n) is 3.76. The van der Waals surface area contributed by atoms with Gasteiger partial charge in [0.1, 0.15) is 0 Å². The average molecular weight is 237 g/mol. The maximum absolute atomic E-state index is 2.75. The summed E-state index contributed by atoms with van der Waals surface area (Å²) < 4.78 is 0. The monoisotopic (exact) mass is 237 g/mol. The summed E-state index contributed by atoms with van der Waals surface area (Å²) in [6.45, 7) is 8.89. The second kappa shape index (κ2) is 6.78. The summed E-state index contributed by atoms with van der Waals surface area (Å²) in [6, 6.07) is 0. The van der Waals surface area contributed by atoms with Crippen LogP contribution in [0.5, 0.6) is 0 Å². The predicted octanol–water partition coefficient (Wildman–Crippen LogP) is 4.32. The van der Waals surface area contributed by atoms with E-state index in [1.807, 2.05) is 0 Å². The molecule has 0 atom stereocenters. The summed E-state index contributed by atoms with van der Waals surface area (Å²) in [5.74, 6) is 3.11. The Labute approximate surface area is 108 Å². The van der Waals surface area contributed by atoms with Gasteiger partial charge < -0.3 is 4.90 Å². The lowest BCUT2D eigenvalue weighted by atomic mass is 9.80. The first-order chi connectivity index (χ1) is 8.31. The van der Waals surface area contributed by atoms with Crippen LogP contribution >= 0.6 is 0 Å². The lowest BCUT2D eigenvalue weighted by Crippen LogP contribution is -2.37. The molecule has 1 aliphatic carbocycles. The maximum Gasteiger partial charge on any atom is 0.000966 e. The smallest absolute Gasteiger partial charge is 0.000966 e. The Morgan fingerprint density at radius 1 is 0.706 bits per heavy atom. The molecule has 1 saturated carbocycles. The zero-order valence-corrected chi connectivity index (χ0v) is 12.0. The van der Waals surface area contributed by atoms with E-state index in [9.17, 15) is 0 Å². The standard InChI is InChI=1S/C16H31N/c1-3-14-5-7-16(8-6-14)13-17-11-9-15(4-2)10-12-17/h14-16H,3-13H2,1-2H3. The molecule has 2 fully saturated rings. The molecule has 0 amide bonds. The molecule has 1 aliphatic heterocycles. The molecule has 0 unspecified atom stereocenters. The number of hydrogen-bond donors (Lipinski definition) is 0. The van der Waals surface area contributed by atoms with Crippen LogP contribution in [-0.2, 0) is 0 Å². The molecular formula is C16H31N. The third-order valence-corrected chi connectivity index (χ3v) is 5.34. The maximum atomic E-state index is 2.75. The molecule has 1 nitrogen and oxygen atoms in total. The van der Waals surface area contributed by atoms with Gasteiger partial charge in [-0.3, -0.25) is 0 Å². The molecule has 1 heterocycles. The number of rotatable bonds is 4. The highest BCUT2D eigenvalue weighted by Gasteiger charge is 2.24. The normalized spacial score (nSPS) is 32.8. The number of hydrogen-bond acceptors (Lipinski definition) is 1. The highest BCUT2D eigenvalue weighted by molar-refractivity contribution is 4.77. The molecule has 100 valence electrons. The summed E-state index contributed by atoms with van der Waals surface area (Å²) in [6.07, 6.45) is 11.8. The van der Waals surface area contributed by atoms with Gasteiger partial charge in [0.2, 0.25) is 0 Å². The van der Waals surface area contributed by atoms with Crippen LogP contribution < -0.4 is 0 Å². The van der Waals surface area contributed by atoms with Crippen molar-refractivity contribution in [2.24, 2.45) is 17.8 Å². The van der Waals surface area contributed by atoms with Crippen molar-refractivity contribution in [3.05, 3.63) is 0 Å². The summed E-state index contributed by atoms with van der Waals surface area (Å²) in [5.41, 5.74) is 0. The summed E-state index contributed by atoms with van der Waals surface area (Å²) in [7, 11) is 0.